The topological polar surface area (TPSA) is 48.4 Å². The molecule has 42 heavy (non-hydrogen) atoms. The molecule has 2 amide bonds. The molecule has 0 saturated carbocycles. The number of carbonyl (C=O) groups is 2. The predicted molar refractivity (Wildman–Crippen MR) is 158 cm³/mol. The van der Waals surface area contributed by atoms with E-state index in [4.69, 9.17) is 0 Å². The first-order chi connectivity index (χ1) is 19.5. The molecule has 0 aliphatic carbocycles. The highest BCUT2D eigenvalue weighted by atomic mass is 79.9. The Morgan fingerprint density at radius 3 is 1.26 bits per heavy atom. The summed E-state index contributed by atoms with van der Waals surface area (Å²) in [5.41, 5.74) is 6.04. The van der Waals surface area contributed by atoms with Crippen molar-refractivity contribution in [1.82, 2.24) is 9.80 Å². The van der Waals surface area contributed by atoms with Crippen molar-refractivity contribution in [3.63, 3.8) is 0 Å². The van der Waals surface area contributed by atoms with Gasteiger partial charge >= 0.3 is 0 Å². The number of carbonyl (C=O) groups excluding carboxylic acids is 2. The summed E-state index contributed by atoms with van der Waals surface area (Å²) < 4.78 is 4.16. The van der Waals surface area contributed by atoms with Gasteiger partial charge in [-0.05, 0) is 51.0 Å². The van der Waals surface area contributed by atoms with Gasteiger partial charge in [-0.3, -0.25) is 9.59 Å². The van der Waals surface area contributed by atoms with Crippen molar-refractivity contribution in [2.75, 3.05) is 26.2 Å². The van der Waals surface area contributed by atoms with Gasteiger partial charge in [0, 0.05) is 49.4 Å². The lowest BCUT2D eigenvalue weighted by atomic mass is 9.95. The molecule has 222 valence electrons. The zero-order chi connectivity index (χ0) is 28.5. The predicted octanol–water partition coefficient (Wildman–Crippen LogP) is -1.00. The molecule has 4 rings (SSSR count). The van der Waals surface area contributed by atoms with Crippen molar-refractivity contribution in [2.24, 2.45) is 0 Å². The van der Waals surface area contributed by atoms with E-state index in [-0.39, 0.29) is 45.8 Å². The molecule has 0 aliphatic heterocycles. The normalized spacial score (nSPS) is 10.3. The van der Waals surface area contributed by atoms with Crippen LogP contribution in [0.5, 0.6) is 0 Å². The number of pyridine rings is 2. The van der Waals surface area contributed by atoms with E-state index in [1.807, 2.05) is 86.5 Å². The second kappa shape index (κ2) is 16.9. The third-order valence-electron chi connectivity index (χ3n) is 7.34. The zero-order valence-corrected chi connectivity index (χ0v) is 28.0. The molecule has 0 aliphatic rings. The molecule has 0 spiro atoms. The van der Waals surface area contributed by atoms with Gasteiger partial charge < -0.3 is 43.8 Å². The number of hydrogen-bond donors (Lipinski definition) is 0. The molecule has 0 atom stereocenters. The van der Waals surface area contributed by atoms with Crippen molar-refractivity contribution in [3.8, 4) is 11.1 Å². The zero-order valence-electron chi connectivity index (χ0n) is 24.8. The third-order valence-corrected chi connectivity index (χ3v) is 7.34. The number of rotatable bonds is 11. The van der Waals surface area contributed by atoms with Crippen molar-refractivity contribution >= 4 is 11.8 Å². The Bertz CT molecular complexity index is 1360. The van der Waals surface area contributed by atoms with Gasteiger partial charge in [0.15, 0.2) is 37.9 Å². The average Bonchev–Trinajstić information content (AvgIpc) is 2.99. The fraction of sp³-hybridized carbons (Fsp3) is 0.294. The van der Waals surface area contributed by atoms with Gasteiger partial charge in [-0.15, -0.1) is 0 Å². The Balaban J connectivity index is 0.00000308. The largest absolute Gasteiger partial charge is 1.00 e. The molecule has 0 saturated heterocycles. The van der Waals surface area contributed by atoms with Gasteiger partial charge in [0.2, 0.25) is 0 Å². The number of nitrogens with zero attached hydrogens (tertiary/aromatic N) is 4. The van der Waals surface area contributed by atoms with Gasteiger partial charge in [0.1, 0.15) is 11.1 Å². The van der Waals surface area contributed by atoms with Crippen LogP contribution in [0.15, 0.2) is 97.6 Å². The summed E-state index contributed by atoms with van der Waals surface area (Å²) in [5, 5.41) is 0. The van der Waals surface area contributed by atoms with E-state index in [1.165, 1.54) is 11.1 Å². The maximum absolute atomic E-state index is 12.9. The Hall–Kier alpha value is -3.36. The minimum Gasteiger partial charge on any atom is -1.00 e. The Labute approximate surface area is 271 Å². The van der Waals surface area contributed by atoms with Gasteiger partial charge in [-0.1, -0.05) is 48.5 Å². The van der Waals surface area contributed by atoms with Crippen LogP contribution in [0.1, 0.15) is 59.5 Å². The molecule has 2 heterocycles. The molecule has 4 aromatic rings. The number of hydrogen-bond acceptors (Lipinski definition) is 2. The minimum atomic E-state index is 0. The summed E-state index contributed by atoms with van der Waals surface area (Å²) in [7, 11) is 0. The maximum Gasteiger partial charge on any atom is 0.259 e. The van der Waals surface area contributed by atoms with Crippen molar-refractivity contribution in [3.05, 3.63) is 120 Å². The Morgan fingerprint density at radius 1 is 0.548 bits per heavy atom. The van der Waals surface area contributed by atoms with Crippen LogP contribution in [0.3, 0.4) is 0 Å². The van der Waals surface area contributed by atoms with Crippen LogP contribution in [0.25, 0.3) is 11.1 Å². The van der Waals surface area contributed by atoms with Gasteiger partial charge in [-0.25, -0.2) is 0 Å². The van der Waals surface area contributed by atoms with Gasteiger partial charge in [0.05, 0.1) is 0 Å². The summed E-state index contributed by atoms with van der Waals surface area (Å²) in [4.78, 5) is 29.6. The SMILES string of the molecule is CCN(CC)C(=O)c1ccc[n+](Cc2ccccc2-c2ccccc2C[n+]2cccc(C(=O)N(CC)CC)c2)c1.[Br-].[Br-]. The van der Waals surface area contributed by atoms with Crippen molar-refractivity contribution in [2.45, 2.75) is 40.8 Å². The van der Waals surface area contributed by atoms with Crippen LogP contribution in [0, 0.1) is 0 Å². The van der Waals surface area contributed by atoms with Gasteiger partial charge in [0.25, 0.3) is 11.8 Å². The van der Waals surface area contributed by atoms with E-state index in [0.29, 0.717) is 50.4 Å². The highest BCUT2D eigenvalue weighted by Gasteiger charge is 2.20. The van der Waals surface area contributed by atoms with E-state index < -0.39 is 0 Å². The molecule has 6 nitrogen and oxygen atoms in total. The number of amides is 2. The lowest BCUT2D eigenvalue weighted by Crippen LogP contribution is -3.00. The molecule has 0 fully saturated rings. The fourth-order valence-electron chi connectivity index (χ4n) is 5.12. The fourth-order valence-corrected chi connectivity index (χ4v) is 5.12. The quantitative estimate of drug-likeness (QED) is 0.189. The standard InChI is InChI=1S/C34H40N4O2.2BrH/c1-5-37(6-2)33(39)29-17-13-21-35(25-29)23-27-15-9-11-19-31(27)32-20-12-10-16-28(32)24-36-22-14-18-30(26-36)34(40)38(7-3)8-4;;/h9-22,25-26H,5-8,23-24H2,1-4H3;2*1H/q+2;;/p-2. The molecule has 0 N–H and O–H groups in total. The lowest BCUT2D eigenvalue weighted by Gasteiger charge is -2.18. The average molecular weight is 697 g/mol. The van der Waals surface area contributed by atoms with E-state index in [2.05, 4.69) is 57.7 Å². The minimum absolute atomic E-state index is 0. The highest BCUT2D eigenvalue weighted by molar-refractivity contribution is 5.94. The molecule has 8 heteroatoms. The number of halogens is 2. The van der Waals surface area contributed by atoms with Crippen LogP contribution >= 0.6 is 0 Å². The second-order valence-electron chi connectivity index (χ2n) is 9.80. The second-order valence-corrected chi connectivity index (χ2v) is 9.80. The smallest absolute Gasteiger partial charge is 0.259 e. The van der Waals surface area contributed by atoms with E-state index >= 15 is 0 Å². The maximum atomic E-state index is 12.9. The van der Waals surface area contributed by atoms with Crippen LogP contribution < -0.4 is 43.1 Å². The van der Waals surface area contributed by atoms with Crippen LogP contribution in [-0.2, 0) is 13.1 Å². The van der Waals surface area contributed by atoms with E-state index in [1.54, 1.807) is 0 Å². The van der Waals surface area contributed by atoms with Crippen LogP contribution in [0.4, 0.5) is 0 Å². The van der Waals surface area contributed by atoms with Gasteiger partial charge in [-0.2, -0.15) is 9.13 Å². The summed E-state index contributed by atoms with van der Waals surface area (Å²) in [5.74, 6) is 0.105. The summed E-state index contributed by atoms with van der Waals surface area (Å²) >= 11 is 0. The lowest BCUT2D eigenvalue weighted by molar-refractivity contribution is -0.688. The number of aromatic nitrogens is 2. The Morgan fingerprint density at radius 2 is 0.905 bits per heavy atom. The van der Waals surface area contributed by atoms with E-state index in [9.17, 15) is 9.59 Å². The molecule has 0 unspecified atom stereocenters. The first-order valence-corrected chi connectivity index (χ1v) is 14.2. The number of benzene rings is 2. The van der Waals surface area contributed by atoms with Crippen LogP contribution in [0.2, 0.25) is 0 Å². The molecule has 0 bridgehead atoms. The molecular formula is C34H40Br2N4O2. The molecule has 0 radical (unpaired) electrons. The summed E-state index contributed by atoms with van der Waals surface area (Å²) in [6.45, 7) is 12.1. The third kappa shape index (κ3) is 8.35. The highest BCUT2D eigenvalue weighted by Crippen LogP contribution is 2.27. The first kappa shape index (κ1) is 34.8. The van der Waals surface area contributed by atoms with Crippen molar-refractivity contribution in [1.29, 1.82) is 0 Å². The molecule has 2 aromatic carbocycles. The summed E-state index contributed by atoms with van der Waals surface area (Å²) in [6, 6.07) is 24.5. The monoisotopic (exact) mass is 694 g/mol. The molecular weight excluding hydrogens is 656 g/mol. The Kier molecular flexibility index (Phi) is 14.0. The first-order valence-electron chi connectivity index (χ1n) is 14.2. The van der Waals surface area contributed by atoms with Crippen molar-refractivity contribution < 1.29 is 52.7 Å². The van der Waals surface area contributed by atoms with Crippen LogP contribution in [-0.4, -0.2) is 47.8 Å². The summed E-state index contributed by atoms with van der Waals surface area (Å²) in [6.07, 6.45) is 7.90. The molecule has 2 aromatic heterocycles. The van der Waals surface area contributed by atoms with E-state index in [0.717, 1.165) is 11.1 Å².